The van der Waals surface area contributed by atoms with Crippen LogP contribution in [0.5, 0.6) is 11.5 Å². The first-order valence-electron chi connectivity index (χ1n) is 9.20. The summed E-state index contributed by atoms with van der Waals surface area (Å²) in [5, 5.41) is 5.07. The number of benzene rings is 1. The van der Waals surface area contributed by atoms with Gasteiger partial charge in [0, 0.05) is 36.1 Å². The molecular weight excluding hydrogens is 378 g/mol. The maximum atomic E-state index is 12.7. The van der Waals surface area contributed by atoms with Crippen LogP contribution in [0.2, 0.25) is 0 Å². The molecule has 1 aromatic heterocycles. The summed E-state index contributed by atoms with van der Waals surface area (Å²) in [6.07, 6.45) is 0.214. The van der Waals surface area contributed by atoms with Crippen LogP contribution >= 0.6 is 11.3 Å². The van der Waals surface area contributed by atoms with Crippen molar-refractivity contribution in [1.29, 1.82) is 0 Å². The minimum absolute atomic E-state index is 0.0542. The number of ether oxygens (including phenoxy) is 2. The molecule has 7 nitrogen and oxygen atoms in total. The predicted octanol–water partition coefficient (Wildman–Crippen LogP) is 2.25. The number of rotatable bonds is 6. The van der Waals surface area contributed by atoms with Gasteiger partial charge in [-0.05, 0) is 37.7 Å². The molecule has 0 radical (unpaired) electrons. The fourth-order valence-electron chi connectivity index (χ4n) is 3.55. The fraction of sp³-hybridized carbons (Fsp3) is 0.400. The molecule has 4 rings (SSSR count). The number of amides is 2. The molecule has 2 unspecified atom stereocenters. The van der Waals surface area contributed by atoms with Crippen molar-refractivity contribution in [3.05, 3.63) is 40.6 Å². The van der Waals surface area contributed by atoms with E-state index in [1.54, 1.807) is 28.4 Å². The van der Waals surface area contributed by atoms with Crippen LogP contribution in [0.15, 0.2) is 35.7 Å². The standard InChI is InChI=1S/C20H23N3O4S/c1-22(2)15(18-4-3-7-28-18)10-21-20(25)13-8-19(24)23(11-13)14-5-6-16-17(9-14)27-12-26-16/h3-7,9,13,15H,8,10-12H2,1-2H3,(H,21,25). The highest BCUT2D eigenvalue weighted by molar-refractivity contribution is 7.10. The zero-order valence-electron chi connectivity index (χ0n) is 15.9. The van der Waals surface area contributed by atoms with Crippen LogP contribution in [-0.4, -0.2) is 50.7 Å². The van der Waals surface area contributed by atoms with E-state index in [1.807, 2.05) is 31.6 Å². The number of anilines is 1. The Hall–Kier alpha value is -2.58. The van der Waals surface area contributed by atoms with Crippen LogP contribution in [0, 0.1) is 5.92 Å². The lowest BCUT2D eigenvalue weighted by atomic mass is 10.1. The van der Waals surface area contributed by atoms with Crippen molar-refractivity contribution < 1.29 is 19.1 Å². The third-order valence-electron chi connectivity index (χ3n) is 5.13. The Balaban J connectivity index is 1.39. The van der Waals surface area contributed by atoms with E-state index in [9.17, 15) is 9.59 Å². The lowest BCUT2D eigenvalue weighted by Crippen LogP contribution is -2.38. The Morgan fingerprint density at radius 3 is 2.89 bits per heavy atom. The number of fused-ring (bicyclic) bond motifs is 1. The van der Waals surface area contributed by atoms with Gasteiger partial charge in [-0.15, -0.1) is 11.3 Å². The average molecular weight is 401 g/mol. The summed E-state index contributed by atoms with van der Waals surface area (Å²) in [5.74, 6) is 0.807. The molecule has 2 aromatic rings. The molecule has 0 saturated carbocycles. The van der Waals surface area contributed by atoms with E-state index in [0.29, 0.717) is 24.6 Å². The van der Waals surface area contributed by atoms with Gasteiger partial charge in [-0.1, -0.05) is 6.07 Å². The molecule has 1 N–H and O–H groups in total. The summed E-state index contributed by atoms with van der Waals surface area (Å²) >= 11 is 1.67. The topological polar surface area (TPSA) is 71.1 Å². The molecule has 2 amide bonds. The molecule has 2 atom stereocenters. The largest absolute Gasteiger partial charge is 0.454 e. The number of likely N-dealkylation sites (N-methyl/N-ethyl adjacent to an activating group) is 1. The van der Waals surface area contributed by atoms with Gasteiger partial charge in [0.25, 0.3) is 0 Å². The van der Waals surface area contributed by atoms with Gasteiger partial charge in [0.2, 0.25) is 18.6 Å². The van der Waals surface area contributed by atoms with Crippen molar-refractivity contribution >= 4 is 28.8 Å². The van der Waals surface area contributed by atoms with E-state index in [0.717, 1.165) is 5.69 Å². The van der Waals surface area contributed by atoms with Gasteiger partial charge in [-0.2, -0.15) is 0 Å². The molecule has 28 heavy (non-hydrogen) atoms. The number of nitrogens with zero attached hydrogens (tertiary/aromatic N) is 2. The van der Waals surface area contributed by atoms with Crippen LogP contribution < -0.4 is 19.7 Å². The third-order valence-corrected chi connectivity index (χ3v) is 6.10. The molecule has 0 aliphatic carbocycles. The number of hydrogen-bond acceptors (Lipinski definition) is 6. The zero-order chi connectivity index (χ0) is 19.7. The van der Waals surface area contributed by atoms with E-state index < -0.39 is 0 Å². The summed E-state index contributed by atoms with van der Waals surface area (Å²) < 4.78 is 10.7. The zero-order valence-corrected chi connectivity index (χ0v) is 16.7. The highest BCUT2D eigenvalue weighted by atomic mass is 32.1. The molecule has 1 aromatic carbocycles. The minimum atomic E-state index is -0.357. The van der Waals surface area contributed by atoms with Crippen LogP contribution in [0.25, 0.3) is 0 Å². The second-order valence-corrected chi connectivity index (χ2v) is 8.16. The quantitative estimate of drug-likeness (QED) is 0.804. The fourth-order valence-corrected chi connectivity index (χ4v) is 4.47. The SMILES string of the molecule is CN(C)C(CNC(=O)C1CC(=O)N(c2ccc3c(c2)OCO3)C1)c1cccs1. The Morgan fingerprint density at radius 1 is 1.32 bits per heavy atom. The van der Waals surface area contributed by atoms with Gasteiger partial charge in [-0.3, -0.25) is 9.59 Å². The Kier molecular flexibility index (Phi) is 5.23. The second-order valence-electron chi connectivity index (χ2n) is 7.18. The van der Waals surface area contributed by atoms with Crippen molar-refractivity contribution in [3.8, 4) is 11.5 Å². The van der Waals surface area contributed by atoms with Gasteiger partial charge in [0.15, 0.2) is 11.5 Å². The molecule has 1 saturated heterocycles. The Labute approximate surface area is 167 Å². The van der Waals surface area contributed by atoms with Crippen LogP contribution in [-0.2, 0) is 9.59 Å². The minimum Gasteiger partial charge on any atom is -0.454 e. The molecule has 8 heteroatoms. The van der Waals surface area contributed by atoms with Crippen LogP contribution in [0.4, 0.5) is 5.69 Å². The van der Waals surface area contributed by atoms with Crippen molar-refractivity contribution in [2.75, 3.05) is 38.9 Å². The van der Waals surface area contributed by atoms with E-state index in [2.05, 4.69) is 16.3 Å². The molecule has 2 aliphatic heterocycles. The number of carbonyl (C=O) groups excluding carboxylic acids is 2. The summed E-state index contributed by atoms with van der Waals surface area (Å²) in [6.45, 7) is 1.08. The summed E-state index contributed by atoms with van der Waals surface area (Å²) in [7, 11) is 3.99. The molecule has 1 fully saturated rings. The van der Waals surface area contributed by atoms with Crippen molar-refractivity contribution in [3.63, 3.8) is 0 Å². The molecule has 148 valence electrons. The summed E-state index contributed by atoms with van der Waals surface area (Å²) in [6, 6.07) is 9.61. The maximum Gasteiger partial charge on any atom is 0.231 e. The molecule has 0 bridgehead atoms. The van der Waals surface area contributed by atoms with Gasteiger partial charge in [0.05, 0.1) is 12.0 Å². The van der Waals surface area contributed by atoms with E-state index in [1.165, 1.54) is 4.88 Å². The average Bonchev–Trinajstić information content (AvgIpc) is 3.41. The summed E-state index contributed by atoms with van der Waals surface area (Å²) in [5.41, 5.74) is 0.731. The van der Waals surface area contributed by atoms with Crippen molar-refractivity contribution in [2.24, 2.45) is 5.92 Å². The van der Waals surface area contributed by atoms with Gasteiger partial charge < -0.3 is 24.6 Å². The van der Waals surface area contributed by atoms with E-state index in [4.69, 9.17) is 9.47 Å². The smallest absolute Gasteiger partial charge is 0.231 e. The van der Waals surface area contributed by atoms with E-state index in [-0.39, 0.29) is 37.0 Å². The third kappa shape index (κ3) is 3.70. The van der Waals surface area contributed by atoms with Crippen molar-refractivity contribution in [2.45, 2.75) is 12.5 Å². The number of nitrogens with one attached hydrogen (secondary N) is 1. The normalized spacial score (nSPS) is 19.3. The van der Waals surface area contributed by atoms with E-state index >= 15 is 0 Å². The monoisotopic (exact) mass is 401 g/mol. The Bertz CT molecular complexity index is 868. The van der Waals surface area contributed by atoms with Gasteiger partial charge in [0.1, 0.15) is 0 Å². The lowest BCUT2D eigenvalue weighted by Gasteiger charge is -2.24. The molecule has 0 spiro atoms. The number of carbonyl (C=O) groups is 2. The molecular formula is C20H23N3O4S. The van der Waals surface area contributed by atoms with Gasteiger partial charge in [-0.25, -0.2) is 0 Å². The van der Waals surface area contributed by atoms with Crippen LogP contribution in [0.1, 0.15) is 17.3 Å². The first-order valence-corrected chi connectivity index (χ1v) is 10.1. The highest BCUT2D eigenvalue weighted by Gasteiger charge is 2.36. The lowest BCUT2D eigenvalue weighted by molar-refractivity contribution is -0.126. The molecule has 3 heterocycles. The number of thiophene rings is 1. The summed E-state index contributed by atoms with van der Waals surface area (Å²) in [4.78, 5) is 30.1. The first kappa shape index (κ1) is 18.8. The second kappa shape index (κ2) is 7.81. The highest BCUT2D eigenvalue weighted by Crippen LogP contribution is 2.37. The predicted molar refractivity (Wildman–Crippen MR) is 107 cm³/mol. The number of hydrogen-bond donors (Lipinski definition) is 1. The van der Waals surface area contributed by atoms with Gasteiger partial charge >= 0.3 is 0 Å². The maximum absolute atomic E-state index is 12.7. The molecule has 2 aliphatic rings. The van der Waals surface area contributed by atoms with Crippen molar-refractivity contribution in [1.82, 2.24) is 10.2 Å². The van der Waals surface area contributed by atoms with Crippen LogP contribution in [0.3, 0.4) is 0 Å². The Morgan fingerprint density at radius 2 is 2.14 bits per heavy atom. The first-order chi connectivity index (χ1) is 13.5.